The summed E-state index contributed by atoms with van der Waals surface area (Å²) in [4.78, 5) is 59.2. The topological polar surface area (TPSA) is 142 Å². The lowest BCUT2D eigenvalue weighted by molar-refractivity contribution is -0.139. The van der Waals surface area contributed by atoms with Gasteiger partial charge in [-0.05, 0) is 60.7 Å². The summed E-state index contributed by atoms with van der Waals surface area (Å²) in [7, 11) is 3.16. The van der Waals surface area contributed by atoms with E-state index in [1.54, 1.807) is 30.1 Å². The van der Waals surface area contributed by atoms with Crippen molar-refractivity contribution in [1.29, 1.82) is 0 Å². The Bertz CT molecular complexity index is 1610. The highest BCUT2D eigenvalue weighted by molar-refractivity contribution is 5.85. The molecule has 4 heterocycles. The number of ether oxygens (including phenoxy) is 4. The highest BCUT2D eigenvalue weighted by atomic mass is 16.5. The molecule has 3 amide bonds. The van der Waals surface area contributed by atoms with Gasteiger partial charge in [0, 0.05) is 52.2 Å². The first-order chi connectivity index (χ1) is 22.8. The molecule has 3 aliphatic heterocycles. The number of fused-ring (bicyclic) bond motifs is 9. The Morgan fingerprint density at radius 2 is 1.94 bits per heavy atom. The van der Waals surface area contributed by atoms with Crippen LogP contribution in [0.2, 0.25) is 0 Å². The fourth-order valence-electron chi connectivity index (χ4n) is 5.76. The molecule has 47 heavy (non-hydrogen) atoms. The lowest BCUT2D eigenvalue weighted by atomic mass is 10.0. The molecule has 13 nitrogen and oxygen atoms in total. The van der Waals surface area contributed by atoms with Crippen LogP contribution in [0.1, 0.15) is 30.4 Å². The molecular formula is C34H41N5O8. The van der Waals surface area contributed by atoms with Crippen molar-refractivity contribution in [2.45, 2.75) is 51.0 Å². The van der Waals surface area contributed by atoms with Gasteiger partial charge in [-0.25, -0.2) is 9.78 Å². The zero-order valence-electron chi connectivity index (χ0n) is 26.8. The van der Waals surface area contributed by atoms with Crippen LogP contribution >= 0.6 is 0 Å². The van der Waals surface area contributed by atoms with E-state index in [4.69, 9.17) is 18.9 Å². The number of methoxy groups -OCH3 is 2. The maximum absolute atomic E-state index is 13.5. The maximum atomic E-state index is 13.5. The number of carbonyl (C=O) groups excluding carboxylic acids is 3. The van der Waals surface area contributed by atoms with Crippen molar-refractivity contribution in [1.82, 2.24) is 24.7 Å². The fourth-order valence-corrected chi connectivity index (χ4v) is 5.76. The van der Waals surface area contributed by atoms with E-state index in [0.717, 1.165) is 11.1 Å². The first-order valence-corrected chi connectivity index (χ1v) is 15.7. The minimum absolute atomic E-state index is 0.150. The first kappa shape index (κ1) is 33.6. The van der Waals surface area contributed by atoms with Crippen molar-refractivity contribution in [2.75, 3.05) is 47.0 Å². The van der Waals surface area contributed by atoms with Gasteiger partial charge in [0.05, 0.1) is 32.4 Å². The third-order valence-electron chi connectivity index (χ3n) is 8.25. The molecule has 2 atom stereocenters. The number of hydrogen-bond donors (Lipinski definition) is 1. The molecule has 1 saturated heterocycles. The summed E-state index contributed by atoms with van der Waals surface area (Å²) in [6.45, 7) is 1.28. The molecule has 250 valence electrons. The predicted octanol–water partition coefficient (Wildman–Crippen LogP) is 2.16. The number of aromatic nitrogens is 2. The number of nitrogens with one attached hydrogen (secondary N) is 1. The van der Waals surface area contributed by atoms with Gasteiger partial charge in [0.15, 0.2) is 11.5 Å². The van der Waals surface area contributed by atoms with Crippen LogP contribution in [0.15, 0.2) is 65.7 Å². The molecule has 13 heteroatoms. The minimum Gasteiger partial charge on any atom is -0.493 e. The standard InChI is InChI=1S/C34H41N5O8/c1-44-17-5-15-37-21-31(40)36-27-20-38(33(42)22-39-14-4-13-35-34(39)43)16-12-28(27)46-23-25-6-3-7-26(18-25)47-29-10-8-24(9-11-32(37)41)19-30(29)45-2/h3-4,6-8,10,13-14,18-19,27-28H,5,9,11-12,15-17,20-23H2,1-2H3,(H,36,40)/t27-,28+/m0/s1. The highest BCUT2D eigenvalue weighted by Gasteiger charge is 2.34. The van der Waals surface area contributed by atoms with Crippen molar-refractivity contribution >= 4 is 17.7 Å². The van der Waals surface area contributed by atoms with Gasteiger partial charge in [0.2, 0.25) is 17.7 Å². The van der Waals surface area contributed by atoms with Crippen LogP contribution < -0.4 is 20.5 Å². The summed E-state index contributed by atoms with van der Waals surface area (Å²) in [6.07, 6.45) is 4.14. The van der Waals surface area contributed by atoms with Crippen molar-refractivity contribution in [3.05, 3.63) is 82.5 Å². The summed E-state index contributed by atoms with van der Waals surface area (Å²) in [5, 5.41) is 3.05. The van der Waals surface area contributed by atoms with Gasteiger partial charge in [-0.2, -0.15) is 0 Å². The minimum atomic E-state index is -0.553. The van der Waals surface area contributed by atoms with Gasteiger partial charge >= 0.3 is 5.69 Å². The Morgan fingerprint density at radius 3 is 2.74 bits per heavy atom. The molecule has 0 aliphatic carbocycles. The molecule has 1 fully saturated rings. The van der Waals surface area contributed by atoms with Crippen molar-refractivity contribution < 1.29 is 33.3 Å². The number of aryl methyl sites for hydroxylation is 1. The summed E-state index contributed by atoms with van der Waals surface area (Å²) in [5.74, 6) is 0.898. The monoisotopic (exact) mass is 647 g/mol. The van der Waals surface area contributed by atoms with E-state index in [0.29, 0.717) is 56.2 Å². The van der Waals surface area contributed by atoms with Crippen LogP contribution in [0.25, 0.3) is 0 Å². The van der Waals surface area contributed by atoms with Crippen molar-refractivity contribution in [2.24, 2.45) is 0 Å². The largest absolute Gasteiger partial charge is 0.493 e. The maximum Gasteiger partial charge on any atom is 0.347 e. The molecule has 1 N–H and O–H groups in total. The number of piperidine rings is 1. The second-order valence-corrected chi connectivity index (χ2v) is 11.6. The quantitative estimate of drug-likeness (QED) is 0.382. The second kappa shape index (κ2) is 16.2. The molecule has 6 rings (SSSR count). The van der Waals surface area contributed by atoms with Gasteiger partial charge in [-0.1, -0.05) is 18.2 Å². The van der Waals surface area contributed by atoms with Gasteiger partial charge < -0.3 is 34.1 Å². The Hall–Kier alpha value is -4.75. The smallest absolute Gasteiger partial charge is 0.347 e. The van der Waals surface area contributed by atoms with Crippen LogP contribution in [0, 0.1) is 0 Å². The van der Waals surface area contributed by atoms with Gasteiger partial charge in [-0.15, -0.1) is 0 Å². The van der Waals surface area contributed by atoms with Crippen LogP contribution in [-0.4, -0.2) is 96.2 Å². The number of nitrogens with zero attached hydrogens (tertiary/aromatic N) is 4. The molecule has 0 unspecified atom stereocenters. The Morgan fingerprint density at radius 1 is 1.06 bits per heavy atom. The number of benzene rings is 2. The SMILES string of the molecule is COCCCN1CC(=O)N[C@H]2CN(C(=O)Cn3cccnc3=O)CC[C@H]2OCc2cccc(c2)Oc2ccc(cc2OC)CCC1=O. The molecule has 2 aromatic carbocycles. The second-order valence-electron chi connectivity index (χ2n) is 11.6. The number of carbonyl (C=O) groups is 3. The van der Waals surface area contributed by atoms with Crippen LogP contribution in [0.4, 0.5) is 0 Å². The molecule has 0 radical (unpaired) electrons. The van der Waals surface area contributed by atoms with Crippen LogP contribution in [0.5, 0.6) is 17.2 Å². The zero-order valence-corrected chi connectivity index (χ0v) is 26.8. The average Bonchev–Trinajstić information content (AvgIpc) is 3.07. The molecule has 3 aliphatic rings. The number of likely N-dealkylation sites (tertiary alicyclic amines) is 1. The predicted molar refractivity (Wildman–Crippen MR) is 171 cm³/mol. The van der Waals surface area contributed by atoms with E-state index in [-0.39, 0.29) is 50.4 Å². The summed E-state index contributed by atoms with van der Waals surface area (Å²) in [6, 6.07) is 14.2. The van der Waals surface area contributed by atoms with E-state index < -0.39 is 17.8 Å². The average molecular weight is 648 g/mol. The fraction of sp³-hybridized carbons (Fsp3) is 0.441. The third kappa shape index (κ3) is 9.17. The van der Waals surface area contributed by atoms with Crippen molar-refractivity contribution in [3.63, 3.8) is 0 Å². The van der Waals surface area contributed by atoms with Gasteiger partial charge in [0.1, 0.15) is 12.3 Å². The van der Waals surface area contributed by atoms with Gasteiger partial charge in [0.25, 0.3) is 0 Å². The molecule has 4 bridgehead atoms. The number of hydrogen-bond acceptors (Lipinski definition) is 9. The van der Waals surface area contributed by atoms with Crippen LogP contribution in [0.3, 0.4) is 0 Å². The Balaban J connectivity index is 1.39. The van der Waals surface area contributed by atoms with E-state index in [1.165, 1.54) is 17.0 Å². The summed E-state index contributed by atoms with van der Waals surface area (Å²) in [5.41, 5.74) is 1.25. The Labute approximate surface area is 273 Å². The number of rotatable bonds is 7. The summed E-state index contributed by atoms with van der Waals surface area (Å²) >= 11 is 0. The molecule has 0 saturated carbocycles. The highest BCUT2D eigenvalue weighted by Crippen LogP contribution is 2.33. The normalized spacial score (nSPS) is 19.1. The lowest BCUT2D eigenvalue weighted by Gasteiger charge is -2.39. The molecule has 1 aromatic heterocycles. The third-order valence-corrected chi connectivity index (χ3v) is 8.25. The Kier molecular flexibility index (Phi) is 11.6. The molecular weight excluding hydrogens is 606 g/mol. The van der Waals surface area contributed by atoms with Gasteiger partial charge in [-0.3, -0.25) is 19.0 Å². The lowest BCUT2D eigenvalue weighted by Crippen LogP contribution is -2.59. The zero-order chi connectivity index (χ0) is 33.2. The number of amides is 3. The first-order valence-electron chi connectivity index (χ1n) is 15.7. The van der Waals surface area contributed by atoms with E-state index in [2.05, 4.69) is 10.3 Å². The van der Waals surface area contributed by atoms with E-state index in [9.17, 15) is 19.2 Å². The molecule has 3 aromatic rings. The molecule has 0 spiro atoms. The van der Waals surface area contributed by atoms with Crippen LogP contribution in [-0.2, 0) is 43.4 Å². The van der Waals surface area contributed by atoms with E-state index >= 15 is 0 Å². The van der Waals surface area contributed by atoms with Crippen molar-refractivity contribution in [3.8, 4) is 17.2 Å². The van der Waals surface area contributed by atoms with E-state index in [1.807, 2.05) is 42.5 Å². The summed E-state index contributed by atoms with van der Waals surface area (Å²) < 4.78 is 24.6.